The molecule has 2 aliphatic carbocycles. The molecule has 6 nitrogen and oxygen atoms in total. The highest BCUT2D eigenvalue weighted by molar-refractivity contribution is 5.95. The standard InChI is InChI=1S/C20H30N4O2/c1-20(2,3)17-15(18(25)24-6-8-26-9-7-24)12-21-19(23-17)22-16-11-13-4-5-14(16)10-13/h12-14,16H,4-11H2,1-3H3,(H,21,22,23)/t13-,14-,16-/m1/s1. The zero-order valence-corrected chi connectivity index (χ0v) is 16.1. The molecule has 3 atom stereocenters. The van der Waals surface area contributed by atoms with E-state index in [1.165, 1.54) is 25.7 Å². The number of ether oxygens (including phenoxy) is 1. The average molecular weight is 358 g/mol. The maximum atomic E-state index is 13.0. The van der Waals surface area contributed by atoms with Crippen molar-refractivity contribution in [2.24, 2.45) is 11.8 Å². The first-order valence-electron chi connectivity index (χ1n) is 9.93. The number of nitrogens with zero attached hydrogens (tertiary/aromatic N) is 3. The van der Waals surface area contributed by atoms with Crippen LogP contribution in [0.5, 0.6) is 0 Å². The predicted molar refractivity (Wildman–Crippen MR) is 100 cm³/mol. The van der Waals surface area contributed by atoms with Gasteiger partial charge in [-0.2, -0.15) is 0 Å². The zero-order chi connectivity index (χ0) is 18.3. The Bertz CT molecular complexity index is 679. The second kappa shape index (κ2) is 6.80. The summed E-state index contributed by atoms with van der Waals surface area (Å²) in [4.78, 5) is 24.2. The van der Waals surface area contributed by atoms with Gasteiger partial charge in [0.2, 0.25) is 5.95 Å². The van der Waals surface area contributed by atoms with Gasteiger partial charge in [-0.15, -0.1) is 0 Å². The monoisotopic (exact) mass is 358 g/mol. The summed E-state index contributed by atoms with van der Waals surface area (Å²) in [6.45, 7) is 8.77. The Morgan fingerprint density at radius 3 is 2.62 bits per heavy atom. The third-order valence-corrected chi connectivity index (χ3v) is 6.08. The number of hydrogen-bond donors (Lipinski definition) is 1. The number of morpholine rings is 1. The van der Waals surface area contributed by atoms with E-state index in [9.17, 15) is 4.79 Å². The minimum absolute atomic E-state index is 0.0182. The highest BCUT2D eigenvalue weighted by Gasteiger charge is 2.40. The molecule has 26 heavy (non-hydrogen) atoms. The SMILES string of the molecule is CC(C)(C)c1nc(N[C@@H]2C[C@@H]3CC[C@@H]2C3)ncc1C(=O)N1CCOCC1. The first-order valence-corrected chi connectivity index (χ1v) is 9.93. The maximum absolute atomic E-state index is 13.0. The summed E-state index contributed by atoms with van der Waals surface area (Å²) in [7, 11) is 0. The van der Waals surface area contributed by atoms with Crippen molar-refractivity contribution in [3.8, 4) is 0 Å². The van der Waals surface area contributed by atoms with Crippen molar-refractivity contribution >= 4 is 11.9 Å². The van der Waals surface area contributed by atoms with E-state index in [-0.39, 0.29) is 11.3 Å². The Morgan fingerprint density at radius 1 is 1.23 bits per heavy atom. The Hall–Kier alpha value is -1.69. The molecule has 2 bridgehead atoms. The van der Waals surface area contributed by atoms with E-state index in [1.54, 1.807) is 6.20 Å². The molecule has 0 radical (unpaired) electrons. The summed E-state index contributed by atoms with van der Waals surface area (Å²) in [5.74, 6) is 2.33. The van der Waals surface area contributed by atoms with Crippen LogP contribution in [0.3, 0.4) is 0 Å². The largest absolute Gasteiger partial charge is 0.378 e. The third-order valence-electron chi connectivity index (χ3n) is 6.08. The van der Waals surface area contributed by atoms with E-state index in [0.29, 0.717) is 43.9 Å². The number of nitrogens with one attached hydrogen (secondary N) is 1. The molecule has 1 amide bonds. The third kappa shape index (κ3) is 3.43. The fraction of sp³-hybridized carbons (Fsp3) is 0.750. The molecule has 2 saturated carbocycles. The van der Waals surface area contributed by atoms with Crippen LogP contribution in [0.15, 0.2) is 6.20 Å². The predicted octanol–water partition coefficient (Wildman–Crippen LogP) is 2.85. The van der Waals surface area contributed by atoms with Gasteiger partial charge in [0.25, 0.3) is 5.91 Å². The lowest BCUT2D eigenvalue weighted by Gasteiger charge is -2.29. The van der Waals surface area contributed by atoms with Gasteiger partial charge in [0.15, 0.2) is 0 Å². The molecule has 1 aromatic heterocycles. The van der Waals surface area contributed by atoms with Crippen LogP contribution >= 0.6 is 0 Å². The van der Waals surface area contributed by atoms with Crippen molar-refractivity contribution in [3.05, 3.63) is 17.5 Å². The van der Waals surface area contributed by atoms with Crippen LogP contribution in [0.25, 0.3) is 0 Å². The smallest absolute Gasteiger partial charge is 0.257 e. The van der Waals surface area contributed by atoms with Gasteiger partial charge in [0.05, 0.1) is 24.5 Å². The molecule has 3 aliphatic rings. The first-order chi connectivity index (χ1) is 12.4. The molecule has 0 spiro atoms. The van der Waals surface area contributed by atoms with Crippen LogP contribution in [0, 0.1) is 11.8 Å². The normalized spacial score (nSPS) is 28.4. The van der Waals surface area contributed by atoms with Crippen LogP contribution < -0.4 is 5.32 Å². The van der Waals surface area contributed by atoms with E-state index < -0.39 is 0 Å². The van der Waals surface area contributed by atoms with E-state index >= 15 is 0 Å². The van der Waals surface area contributed by atoms with Gasteiger partial charge in [-0.25, -0.2) is 9.97 Å². The van der Waals surface area contributed by atoms with Gasteiger partial charge >= 0.3 is 0 Å². The Labute approximate surface area is 155 Å². The fourth-order valence-corrected chi connectivity index (χ4v) is 4.70. The van der Waals surface area contributed by atoms with Crippen LogP contribution in [0.1, 0.15) is 62.5 Å². The van der Waals surface area contributed by atoms with E-state index in [1.807, 2.05) is 4.90 Å². The minimum atomic E-state index is -0.217. The molecule has 0 unspecified atom stereocenters. The Kier molecular flexibility index (Phi) is 4.63. The van der Waals surface area contributed by atoms with Crippen LogP contribution in [-0.2, 0) is 10.2 Å². The first kappa shape index (κ1) is 17.7. The summed E-state index contributed by atoms with van der Waals surface area (Å²) < 4.78 is 5.37. The highest BCUT2D eigenvalue weighted by atomic mass is 16.5. The van der Waals surface area contributed by atoms with Crippen molar-refractivity contribution in [1.29, 1.82) is 0 Å². The highest BCUT2D eigenvalue weighted by Crippen LogP contribution is 2.45. The van der Waals surface area contributed by atoms with E-state index in [4.69, 9.17) is 9.72 Å². The van der Waals surface area contributed by atoms with Gasteiger partial charge in [-0.1, -0.05) is 27.2 Å². The minimum Gasteiger partial charge on any atom is -0.378 e. The Balaban J connectivity index is 1.57. The lowest BCUT2D eigenvalue weighted by molar-refractivity contribution is 0.0300. The molecular formula is C20H30N4O2. The van der Waals surface area contributed by atoms with Gasteiger partial charge in [0.1, 0.15) is 0 Å². The van der Waals surface area contributed by atoms with Gasteiger partial charge in [0, 0.05) is 30.7 Å². The molecular weight excluding hydrogens is 328 g/mol. The van der Waals surface area contributed by atoms with Crippen molar-refractivity contribution in [1.82, 2.24) is 14.9 Å². The lowest BCUT2D eigenvalue weighted by Crippen LogP contribution is -2.41. The number of hydrogen-bond acceptors (Lipinski definition) is 5. The molecule has 1 saturated heterocycles. The second-order valence-corrected chi connectivity index (χ2v) is 9.04. The summed E-state index contributed by atoms with van der Waals surface area (Å²) in [6, 6.07) is 0.488. The zero-order valence-electron chi connectivity index (χ0n) is 16.1. The fourth-order valence-electron chi connectivity index (χ4n) is 4.70. The molecule has 2 heterocycles. The van der Waals surface area contributed by atoms with E-state index in [2.05, 4.69) is 31.1 Å². The molecule has 142 valence electrons. The number of amides is 1. The summed E-state index contributed by atoms with van der Waals surface area (Å²) >= 11 is 0. The van der Waals surface area contributed by atoms with Crippen molar-refractivity contribution in [2.75, 3.05) is 31.6 Å². The van der Waals surface area contributed by atoms with Gasteiger partial charge < -0.3 is 15.0 Å². The second-order valence-electron chi connectivity index (χ2n) is 9.04. The number of aromatic nitrogens is 2. The van der Waals surface area contributed by atoms with Gasteiger partial charge in [-0.3, -0.25) is 4.79 Å². The number of fused-ring (bicyclic) bond motifs is 2. The van der Waals surface area contributed by atoms with Crippen molar-refractivity contribution < 1.29 is 9.53 Å². The molecule has 3 fully saturated rings. The number of carbonyl (C=O) groups is 1. The quantitative estimate of drug-likeness (QED) is 0.900. The van der Waals surface area contributed by atoms with Gasteiger partial charge in [-0.05, 0) is 31.1 Å². The lowest BCUT2D eigenvalue weighted by atomic mass is 9.88. The summed E-state index contributed by atoms with van der Waals surface area (Å²) in [6.07, 6.45) is 7.00. The van der Waals surface area contributed by atoms with Crippen molar-refractivity contribution in [3.63, 3.8) is 0 Å². The summed E-state index contributed by atoms with van der Waals surface area (Å²) in [5, 5.41) is 3.56. The maximum Gasteiger partial charge on any atom is 0.257 e. The number of anilines is 1. The topological polar surface area (TPSA) is 67.4 Å². The average Bonchev–Trinajstić information content (AvgIpc) is 3.24. The molecule has 1 N–H and O–H groups in total. The molecule has 1 aromatic rings. The van der Waals surface area contributed by atoms with Crippen LogP contribution in [-0.4, -0.2) is 53.1 Å². The van der Waals surface area contributed by atoms with Crippen LogP contribution in [0.2, 0.25) is 0 Å². The summed E-state index contributed by atoms with van der Waals surface area (Å²) in [5.41, 5.74) is 1.23. The molecule has 1 aliphatic heterocycles. The van der Waals surface area contributed by atoms with Crippen LogP contribution in [0.4, 0.5) is 5.95 Å². The van der Waals surface area contributed by atoms with E-state index in [0.717, 1.165) is 17.5 Å². The molecule has 6 heteroatoms. The molecule has 4 rings (SSSR count). The Morgan fingerprint density at radius 2 is 2.00 bits per heavy atom. The van der Waals surface area contributed by atoms with Crippen molar-refractivity contribution in [2.45, 2.75) is 57.9 Å². The number of carbonyl (C=O) groups excluding carboxylic acids is 1. The number of rotatable bonds is 3. The molecule has 0 aromatic carbocycles.